The average Bonchev–Trinajstić information content (AvgIpc) is 3.21. The summed E-state index contributed by atoms with van der Waals surface area (Å²) >= 11 is 0. The van der Waals surface area contributed by atoms with Gasteiger partial charge < -0.3 is 14.8 Å². The Bertz CT molecular complexity index is 732. The van der Waals surface area contributed by atoms with Crippen LogP contribution in [-0.2, 0) is 11.8 Å². The minimum absolute atomic E-state index is 0.0894. The molecule has 1 aromatic carbocycles. The molecule has 0 bridgehead atoms. The lowest BCUT2D eigenvalue weighted by atomic mass is 9.97. The van der Waals surface area contributed by atoms with E-state index in [0.29, 0.717) is 18.9 Å². The van der Waals surface area contributed by atoms with Gasteiger partial charge in [-0.1, -0.05) is 0 Å². The number of hydrogen-bond acceptors (Lipinski definition) is 4. The van der Waals surface area contributed by atoms with Crippen LogP contribution in [0, 0.1) is 11.7 Å². The first-order valence-corrected chi connectivity index (χ1v) is 7.80. The number of benzene rings is 1. The van der Waals surface area contributed by atoms with Crippen LogP contribution in [0.5, 0.6) is 5.75 Å². The Labute approximate surface area is 139 Å². The monoisotopic (exact) mass is 333 g/mol. The van der Waals surface area contributed by atoms with Gasteiger partial charge in [0.25, 0.3) is 5.91 Å². The molecule has 128 valence electrons. The van der Waals surface area contributed by atoms with Gasteiger partial charge in [-0.25, -0.2) is 4.39 Å². The second kappa shape index (κ2) is 7.00. The number of aryl methyl sites for hydroxylation is 1. The first-order valence-electron chi connectivity index (χ1n) is 7.80. The van der Waals surface area contributed by atoms with Crippen molar-refractivity contribution in [2.24, 2.45) is 13.0 Å². The van der Waals surface area contributed by atoms with Crippen LogP contribution in [0.25, 0.3) is 0 Å². The second-order valence-corrected chi connectivity index (χ2v) is 5.84. The van der Waals surface area contributed by atoms with Crippen molar-refractivity contribution in [3.8, 4) is 5.75 Å². The van der Waals surface area contributed by atoms with Crippen molar-refractivity contribution in [3.05, 3.63) is 47.5 Å². The van der Waals surface area contributed by atoms with Crippen LogP contribution >= 0.6 is 0 Å². The van der Waals surface area contributed by atoms with E-state index in [4.69, 9.17) is 9.47 Å². The van der Waals surface area contributed by atoms with Gasteiger partial charge in [-0.2, -0.15) is 5.10 Å². The van der Waals surface area contributed by atoms with Crippen LogP contribution in [0.15, 0.2) is 30.6 Å². The van der Waals surface area contributed by atoms with Crippen LogP contribution in [0.3, 0.4) is 0 Å². The fraction of sp³-hybridized carbons (Fsp3) is 0.412. The highest BCUT2D eigenvalue weighted by molar-refractivity contribution is 5.96. The van der Waals surface area contributed by atoms with Crippen LogP contribution in [0.2, 0.25) is 0 Å². The molecule has 1 aliphatic heterocycles. The number of nitrogens with one attached hydrogen (secondary N) is 1. The molecule has 0 aliphatic carbocycles. The number of amides is 1. The van der Waals surface area contributed by atoms with E-state index in [9.17, 15) is 9.18 Å². The van der Waals surface area contributed by atoms with Gasteiger partial charge in [-0.3, -0.25) is 9.48 Å². The molecule has 2 heterocycles. The number of rotatable bonds is 5. The van der Waals surface area contributed by atoms with Gasteiger partial charge >= 0.3 is 0 Å². The Balaban J connectivity index is 1.66. The van der Waals surface area contributed by atoms with Crippen LogP contribution < -0.4 is 10.1 Å². The molecule has 24 heavy (non-hydrogen) atoms. The predicted octanol–water partition coefficient (Wildman–Crippen LogP) is 2.08. The maximum Gasteiger partial charge on any atom is 0.255 e. The third kappa shape index (κ3) is 3.41. The smallest absolute Gasteiger partial charge is 0.255 e. The highest BCUT2D eigenvalue weighted by atomic mass is 19.1. The molecule has 1 aromatic heterocycles. The van der Waals surface area contributed by atoms with Crippen molar-refractivity contribution < 1.29 is 18.7 Å². The summed E-state index contributed by atoms with van der Waals surface area (Å²) in [6, 6.07) is 3.89. The molecule has 0 spiro atoms. The van der Waals surface area contributed by atoms with E-state index in [1.54, 1.807) is 10.9 Å². The van der Waals surface area contributed by atoms with E-state index in [0.717, 1.165) is 12.0 Å². The Morgan fingerprint density at radius 1 is 1.54 bits per heavy atom. The third-order valence-electron chi connectivity index (χ3n) is 4.20. The Kier molecular flexibility index (Phi) is 4.80. The van der Waals surface area contributed by atoms with Crippen molar-refractivity contribution in [1.82, 2.24) is 15.1 Å². The Hall–Kier alpha value is -2.41. The van der Waals surface area contributed by atoms with Crippen LogP contribution in [-0.4, -0.2) is 35.9 Å². The van der Waals surface area contributed by atoms with E-state index in [1.165, 1.54) is 25.3 Å². The molecule has 1 aliphatic rings. The zero-order valence-corrected chi connectivity index (χ0v) is 13.7. The number of hydrogen-bond donors (Lipinski definition) is 1. The van der Waals surface area contributed by atoms with E-state index in [-0.39, 0.29) is 23.5 Å². The highest BCUT2D eigenvalue weighted by Crippen LogP contribution is 2.33. The standard InChI is InChI=1S/C17H20FN3O3/c1-21-10-12(9-20-21)16-11(5-6-24-16)8-19-17(22)14-7-13(18)3-4-15(14)23-2/h3-4,7,9-11,16H,5-6,8H2,1-2H3,(H,19,22)/t11-,16+/m0/s1. The van der Waals surface area contributed by atoms with Gasteiger partial charge in [0.05, 0.1) is 25.0 Å². The molecule has 1 saturated heterocycles. The van der Waals surface area contributed by atoms with Crippen LogP contribution in [0.1, 0.15) is 28.4 Å². The zero-order valence-electron chi connectivity index (χ0n) is 13.7. The van der Waals surface area contributed by atoms with Crippen molar-refractivity contribution in [2.75, 3.05) is 20.3 Å². The molecular formula is C17H20FN3O3. The number of carbonyl (C=O) groups excluding carboxylic acids is 1. The topological polar surface area (TPSA) is 65.4 Å². The van der Waals surface area contributed by atoms with Gasteiger partial charge in [-0.15, -0.1) is 0 Å². The van der Waals surface area contributed by atoms with Crippen LogP contribution in [0.4, 0.5) is 4.39 Å². The minimum Gasteiger partial charge on any atom is -0.496 e. The lowest BCUT2D eigenvalue weighted by molar-refractivity contribution is 0.0844. The largest absolute Gasteiger partial charge is 0.496 e. The molecule has 7 heteroatoms. The average molecular weight is 333 g/mol. The lowest BCUT2D eigenvalue weighted by Crippen LogP contribution is -2.30. The molecular weight excluding hydrogens is 313 g/mol. The first-order chi connectivity index (χ1) is 11.6. The first kappa shape index (κ1) is 16.4. The Morgan fingerprint density at radius 2 is 2.38 bits per heavy atom. The second-order valence-electron chi connectivity index (χ2n) is 5.84. The molecule has 3 rings (SSSR count). The van der Waals surface area contributed by atoms with Gasteiger partial charge in [-0.05, 0) is 24.6 Å². The summed E-state index contributed by atoms with van der Waals surface area (Å²) in [5, 5.41) is 7.02. The lowest BCUT2D eigenvalue weighted by Gasteiger charge is -2.18. The van der Waals surface area contributed by atoms with Gasteiger partial charge in [0, 0.05) is 37.9 Å². The number of methoxy groups -OCH3 is 1. The van der Waals surface area contributed by atoms with E-state index in [2.05, 4.69) is 10.4 Å². The predicted molar refractivity (Wildman–Crippen MR) is 85.3 cm³/mol. The maximum atomic E-state index is 13.4. The molecule has 2 atom stereocenters. The molecule has 1 fully saturated rings. The van der Waals surface area contributed by atoms with Crippen molar-refractivity contribution in [2.45, 2.75) is 12.5 Å². The third-order valence-corrected chi connectivity index (χ3v) is 4.20. The van der Waals surface area contributed by atoms with Crippen molar-refractivity contribution in [1.29, 1.82) is 0 Å². The summed E-state index contributed by atoms with van der Waals surface area (Å²) in [7, 11) is 3.30. The molecule has 6 nitrogen and oxygen atoms in total. The molecule has 0 saturated carbocycles. The molecule has 1 amide bonds. The maximum absolute atomic E-state index is 13.4. The fourth-order valence-electron chi connectivity index (χ4n) is 2.98. The highest BCUT2D eigenvalue weighted by Gasteiger charge is 2.31. The quantitative estimate of drug-likeness (QED) is 0.910. The summed E-state index contributed by atoms with van der Waals surface area (Å²) in [6.45, 7) is 1.08. The molecule has 0 radical (unpaired) electrons. The summed E-state index contributed by atoms with van der Waals surface area (Å²) < 4.78 is 26.0. The SMILES string of the molecule is COc1ccc(F)cc1C(=O)NC[C@@H]1CCO[C@H]1c1cnn(C)c1. The van der Waals surface area contributed by atoms with E-state index in [1.807, 2.05) is 13.2 Å². The fourth-order valence-corrected chi connectivity index (χ4v) is 2.98. The summed E-state index contributed by atoms with van der Waals surface area (Å²) in [5.74, 6) is -0.334. The minimum atomic E-state index is -0.474. The summed E-state index contributed by atoms with van der Waals surface area (Å²) in [4.78, 5) is 12.4. The van der Waals surface area contributed by atoms with Gasteiger partial charge in [0.2, 0.25) is 0 Å². The number of nitrogens with zero attached hydrogens (tertiary/aromatic N) is 2. The van der Waals surface area contributed by atoms with Crippen molar-refractivity contribution in [3.63, 3.8) is 0 Å². The molecule has 0 unspecified atom stereocenters. The van der Waals surface area contributed by atoms with E-state index >= 15 is 0 Å². The summed E-state index contributed by atoms with van der Waals surface area (Å²) in [6.07, 6.45) is 4.45. The zero-order chi connectivity index (χ0) is 17.1. The van der Waals surface area contributed by atoms with Crippen molar-refractivity contribution >= 4 is 5.91 Å². The summed E-state index contributed by atoms with van der Waals surface area (Å²) in [5.41, 5.74) is 1.19. The number of carbonyl (C=O) groups is 1. The number of halogens is 1. The van der Waals surface area contributed by atoms with Gasteiger partial charge in [0.1, 0.15) is 11.6 Å². The van der Waals surface area contributed by atoms with Gasteiger partial charge in [0.15, 0.2) is 0 Å². The number of ether oxygens (including phenoxy) is 2. The molecule has 1 N–H and O–H groups in total. The Morgan fingerprint density at radius 3 is 3.08 bits per heavy atom. The normalized spacial score (nSPS) is 20.1. The number of aromatic nitrogens is 2. The molecule has 2 aromatic rings. The van der Waals surface area contributed by atoms with E-state index < -0.39 is 5.82 Å².